The number of esters is 1. The van der Waals surface area contributed by atoms with E-state index in [1.54, 1.807) is 12.1 Å². The Kier molecular flexibility index (Phi) is 6.35. The van der Waals surface area contributed by atoms with E-state index in [4.69, 9.17) is 23.7 Å². The summed E-state index contributed by atoms with van der Waals surface area (Å²) in [5, 5.41) is 3.22. The lowest BCUT2D eigenvalue weighted by atomic mass is 10.1. The molecule has 0 radical (unpaired) electrons. The van der Waals surface area contributed by atoms with Crippen LogP contribution in [-0.4, -0.2) is 57.1 Å². The van der Waals surface area contributed by atoms with Crippen LogP contribution in [0.25, 0.3) is 0 Å². The summed E-state index contributed by atoms with van der Waals surface area (Å²) in [7, 11) is 1.25. The molecule has 10 heteroatoms. The highest BCUT2D eigenvalue weighted by molar-refractivity contribution is 6.77. The number of rotatable bonds is 7. The highest BCUT2D eigenvalue weighted by atomic mass is 28.3. The predicted octanol–water partition coefficient (Wildman–Crippen LogP) is 3.51. The fourth-order valence-corrected chi connectivity index (χ4v) is 3.06. The first-order valence-electron chi connectivity index (χ1n) is 9.62. The first-order chi connectivity index (χ1) is 14.2. The van der Waals surface area contributed by atoms with Gasteiger partial charge in [-0.15, -0.1) is 0 Å². The van der Waals surface area contributed by atoms with Crippen molar-refractivity contribution in [2.75, 3.05) is 32.7 Å². The summed E-state index contributed by atoms with van der Waals surface area (Å²) in [6.07, 6.45) is 0. The van der Waals surface area contributed by atoms with E-state index >= 15 is 0 Å². The Morgan fingerprint density at radius 1 is 1.17 bits per heavy atom. The fourth-order valence-electron chi connectivity index (χ4n) is 2.60. The van der Waals surface area contributed by atoms with Gasteiger partial charge in [0.1, 0.15) is 17.9 Å². The summed E-state index contributed by atoms with van der Waals surface area (Å²) >= 11 is 0. The van der Waals surface area contributed by atoms with E-state index in [-0.39, 0.29) is 34.8 Å². The molecular formula is C20H27N3O6Si. The van der Waals surface area contributed by atoms with E-state index in [0.717, 1.165) is 0 Å². The number of aromatic nitrogens is 2. The molecule has 1 aromatic carbocycles. The SMILES string of the molecule is COc1cc(OC)nc(Oc2ccc3c(c2C(=O)OC(C)[Si](C)(C)C)OCCN3)n1. The molecule has 0 amide bonds. The molecule has 1 aliphatic rings. The third kappa shape index (κ3) is 4.75. The van der Waals surface area contributed by atoms with Crippen LogP contribution in [0, 0.1) is 0 Å². The Labute approximate surface area is 176 Å². The molecular weight excluding hydrogens is 406 g/mol. The third-order valence-corrected chi connectivity index (χ3v) is 7.33. The smallest absolute Gasteiger partial charge is 0.345 e. The van der Waals surface area contributed by atoms with Crippen LogP contribution < -0.4 is 24.3 Å². The molecule has 1 aliphatic heterocycles. The van der Waals surface area contributed by atoms with Gasteiger partial charge in [0.2, 0.25) is 11.8 Å². The van der Waals surface area contributed by atoms with Gasteiger partial charge in [-0.3, -0.25) is 0 Å². The zero-order chi connectivity index (χ0) is 21.9. The van der Waals surface area contributed by atoms with Gasteiger partial charge in [0.05, 0.1) is 39.8 Å². The molecule has 0 bridgehead atoms. The number of anilines is 1. The summed E-state index contributed by atoms with van der Waals surface area (Å²) in [4.78, 5) is 21.5. The van der Waals surface area contributed by atoms with Gasteiger partial charge in [0.25, 0.3) is 0 Å². The number of nitrogens with zero attached hydrogens (tertiary/aromatic N) is 2. The summed E-state index contributed by atoms with van der Waals surface area (Å²) in [5.41, 5.74) is 0.693. The lowest BCUT2D eigenvalue weighted by Crippen LogP contribution is -2.39. The topological polar surface area (TPSA) is 101 Å². The molecule has 162 valence electrons. The molecule has 0 spiro atoms. The van der Waals surface area contributed by atoms with Crippen molar-refractivity contribution in [3.8, 4) is 29.3 Å². The second-order valence-electron chi connectivity index (χ2n) is 7.84. The fraction of sp³-hybridized carbons (Fsp3) is 0.450. The molecule has 2 aromatic rings. The van der Waals surface area contributed by atoms with Gasteiger partial charge < -0.3 is 29.0 Å². The zero-order valence-electron chi connectivity index (χ0n) is 18.1. The van der Waals surface area contributed by atoms with E-state index in [1.807, 2.05) is 6.92 Å². The maximum absolute atomic E-state index is 13.2. The van der Waals surface area contributed by atoms with Crippen LogP contribution >= 0.6 is 0 Å². The Morgan fingerprint density at radius 3 is 2.43 bits per heavy atom. The molecule has 0 saturated carbocycles. The summed E-state index contributed by atoms with van der Waals surface area (Å²) in [5.74, 6) is 0.630. The van der Waals surface area contributed by atoms with Crippen molar-refractivity contribution in [2.45, 2.75) is 32.3 Å². The van der Waals surface area contributed by atoms with Crippen molar-refractivity contribution in [1.82, 2.24) is 9.97 Å². The van der Waals surface area contributed by atoms with Crippen LogP contribution in [0.3, 0.4) is 0 Å². The van der Waals surface area contributed by atoms with Crippen molar-refractivity contribution in [3.63, 3.8) is 0 Å². The van der Waals surface area contributed by atoms with Crippen LogP contribution in [-0.2, 0) is 4.74 Å². The molecule has 1 N–H and O–H groups in total. The molecule has 30 heavy (non-hydrogen) atoms. The zero-order valence-corrected chi connectivity index (χ0v) is 19.1. The summed E-state index contributed by atoms with van der Waals surface area (Å²) < 4.78 is 27.8. The van der Waals surface area contributed by atoms with Gasteiger partial charge in [-0.1, -0.05) is 19.6 Å². The van der Waals surface area contributed by atoms with Crippen molar-refractivity contribution in [2.24, 2.45) is 0 Å². The molecule has 9 nitrogen and oxygen atoms in total. The number of benzene rings is 1. The van der Waals surface area contributed by atoms with Crippen LogP contribution in [0.2, 0.25) is 19.6 Å². The van der Waals surface area contributed by atoms with E-state index in [0.29, 0.717) is 24.6 Å². The van der Waals surface area contributed by atoms with E-state index in [9.17, 15) is 4.79 Å². The summed E-state index contributed by atoms with van der Waals surface area (Å²) in [6, 6.07) is 4.94. The van der Waals surface area contributed by atoms with E-state index in [2.05, 4.69) is 34.9 Å². The molecule has 2 heterocycles. The number of hydrogen-bond acceptors (Lipinski definition) is 9. The predicted molar refractivity (Wildman–Crippen MR) is 114 cm³/mol. The van der Waals surface area contributed by atoms with Gasteiger partial charge in [0.15, 0.2) is 5.75 Å². The van der Waals surface area contributed by atoms with Crippen LogP contribution in [0.1, 0.15) is 17.3 Å². The van der Waals surface area contributed by atoms with Crippen molar-refractivity contribution in [3.05, 3.63) is 23.8 Å². The monoisotopic (exact) mass is 433 g/mol. The number of carbonyl (C=O) groups excluding carboxylic acids is 1. The molecule has 0 aliphatic carbocycles. The average Bonchev–Trinajstić information content (AvgIpc) is 2.72. The highest BCUT2D eigenvalue weighted by Crippen LogP contribution is 2.40. The van der Waals surface area contributed by atoms with Crippen LogP contribution in [0.15, 0.2) is 18.2 Å². The normalized spacial score (nSPS) is 13.9. The molecule has 0 fully saturated rings. The lowest BCUT2D eigenvalue weighted by Gasteiger charge is -2.27. The maximum Gasteiger partial charge on any atom is 0.345 e. The second-order valence-corrected chi connectivity index (χ2v) is 13.4. The summed E-state index contributed by atoms with van der Waals surface area (Å²) in [6.45, 7) is 9.38. The Hall–Kier alpha value is -3.01. The average molecular weight is 434 g/mol. The number of methoxy groups -OCH3 is 2. The van der Waals surface area contributed by atoms with Gasteiger partial charge in [-0.2, -0.15) is 9.97 Å². The minimum atomic E-state index is -1.71. The van der Waals surface area contributed by atoms with Crippen molar-refractivity contribution >= 4 is 19.7 Å². The minimum Gasteiger partial charge on any atom is -0.489 e. The standard InChI is InChI=1S/C20H27N3O6Si/c1-12(30(4,5)6)28-19(24)17-14(8-7-13-18(17)27-10-9-21-13)29-20-22-15(25-2)11-16(23-20)26-3/h7-8,11-12,21H,9-10H2,1-6H3. The molecule has 3 rings (SSSR count). The number of nitrogens with one attached hydrogen (secondary N) is 1. The maximum atomic E-state index is 13.2. The quantitative estimate of drug-likeness (QED) is 0.519. The molecule has 1 aromatic heterocycles. The first kappa shape index (κ1) is 21.7. The Balaban J connectivity index is 2.02. The Morgan fingerprint density at radius 2 is 1.83 bits per heavy atom. The lowest BCUT2D eigenvalue weighted by molar-refractivity contribution is 0.0447. The van der Waals surface area contributed by atoms with Gasteiger partial charge >= 0.3 is 12.0 Å². The number of carbonyl (C=O) groups is 1. The van der Waals surface area contributed by atoms with Gasteiger partial charge in [-0.05, 0) is 19.1 Å². The number of fused-ring (bicyclic) bond motifs is 1. The largest absolute Gasteiger partial charge is 0.489 e. The number of hydrogen-bond donors (Lipinski definition) is 1. The van der Waals surface area contributed by atoms with Gasteiger partial charge in [0, 0.05) is 6.54 Å². The van der Waals surface area contributed by atoms with Gasteiger partial charge in [-0.25, -0.2) is 4.79 Å². The number of ether oxygens (including phenoxy) is 5. The van der Waals surface area contributed by atoms with Crippen molar-refractivity contribution < 1.29 is 28.5 Å². The Bertz CT molecular complexity index is 909. The van der Waals surface area contributed by atoms with E-state index < -0.39 is 14.0 Å². The molecule has 0 saturated heterocycles. The first-order valence-corrected chi connectivity index (χ1v) is 13.2. The third-order valence-electron chi connectivity index (χ3n) is 4.77. The minimum absolute atomic E-state index is 0.0257. The molecule has 1 atom stereocenters. The highest BCUT2D eigenvalue weighted by Gasteiger charge is 2.31. The van der Waals surface area contributed by atoms with Crippen molar-refractivity contribution in [1.29, 1.82) is 0 Å². The van der Waals surface area contributed by atoms with Crippen LogP contribution in [0.5, 0.6) is 29.3 Å². The molecule has 1 unspecified atom stereocenters. The second kappa shape index (κ2) is 8.78. The van der Waals surface area contributed by atoms with E-state index in [1.165, 1.54) is 20.3 Å². The van der Waals surface area contributed by atoms with Crippen LogP contribution in [0.4, 0.5) is 5.69 Å².